The lowest BCUT2D eigenvalue weighted by atomic mass is 10.3. The maximum atomic E-state index is 4.82. The van der Waals surface area contributed by atoms with Crippen LogP contribution in [0.2, 0.25) is 0 Å². The molecule has 1 radical (unpaired) electrons. The molecule has 0 aliphatic carbocycles. The van der Waals surface area contributed by atoms with Gasteiger partial charge in [0, 0.05) is 5.25 Å². The third kappa shape index (κ3) is 2.33. The second-order valence-corrected chi connectivity index (χ2v) is 1.79. The highest BCUT2D eigenvalue weighted by Crippen LogP contribution is 1.98. The van der Waals surface area contributed by atoms with Crippen molar-refractivity contribution in [2.45, 2.75) is 18.6 Å². The van der Waals surface area contributed by atoms with Gasteiger partial charge in [-0.1, -0.05) is 25.6 Å². The molecule has 0 amide bonds. The molecular weight excluding hydrogens is 92.1 g/mol. The van der Waals surface area contributed by atoms with Crippen molar-refractivity contribution in [3.05, 3.63) is 12.7 Å². The Labute approximate surface area is 44.7 Å². The van der Waals surface area contributed by atoms with Gasteiger partial charge in [-0.3, -0.25) is 0 Å². The lowest BCUT2D eigenvalue weighted by molar-refractivity contribution is 0.986. The van der Waals surface area contributed by atoms with E-state index in [4.69, 9.17) is 12.6 Å². The molecule has 0 aromatic heterocycles. The van der Waals surface area contributed by atoms with Crippen molar-refractivity contribution in [3.63, 3.8) is 0 Å². The highest BCUT2D eigenvalue weighted by Gasteiger charge is 1.86. The van der Waals surface area contributed by atoms with E-state index < -0.39 is 0 Å². The molecule has 0 saturated heterocycles. The zero-order valence-electron chi connectivity index (χ0n) is 3.98. The van der Waals surface area contributed by atoms with Gasteiger partial charge in [-0.2, -0.15) is 0 Å². The first-order valence-electron chi connectivity index (χ1n) is 2.09. The molecule has 0 heterocycles. The maximum Gasteiger partial charge on any atom is 0.0326 e. The minimum Gasteiger partial charge on any atom is -0.102 e. The molecular formula is C5H9S. The lowest BCUT2D eigenvalue weighted by Gasteiger charge is -1.91. The molecule has 1 atom stereocenters. The van der Waals surface area contributed by atoms with Crippen molar-refractivity contribution in [3.8, 4) is 0 Å². The second-order valence-electron chi connectivity index (χ2n) is 1.18. The number of rotatable bonds is 2. The Bertz CT molecular complexity index is 41.2. The SMILES string of the molecule is C=CC([S])CC. The summed E-state index contributed by atoms with van der Waals surface area (Å²) in [5.41, 5.74) is 0. The minimum absolute atomic E-state index is 0.282. The molecule has 0 bridgehead atoms. The van der Waals surface area contributed by atoms with Crippen LogP contribution in [0.3, 0.4) is 0 Å². The van der Waals surface area contributed by atoms with Crippen LogP contribution in [0.4, 0.5) is 0 Å². The molecule has 1 heteroatoms. The summed E-state index contributed by atoms with van der Waals surface area (Å²) in [5, 5.41) is 0.282. The Balaban J connectivity index is 2.96. The van der Waals surface area contributed by atoms with Crippen LogP contribution in [0, 0.1) is 0 Å². The fraction of sp³-hybridized carbons (Fsp3) is 0.600. The van der Waals surface area contributed by atoms with Crippen LogP contribution in [0.1, 0.15) is 13.3 Å². The van der Waals surface area contributed by atoms with Crippen molar-refractivity contribution in [2.75, 3.05) is 0 Å². The van der Waals surface area contributed by atoms with E-state index in [1.807, 2.05) is 0 Å². The Morgan fingerprint density at radius 3 is 2.50 bits per heavy atom. The maximum absolute atomic E-state index is 4.82. The molecule has 0 aliphatic rings. The third-order valence-electron chi connectivity index (χ3n) is 0.665. The zero-order chi connectivity index (χ0) is 4.99. The normalized spacial score (nSPS) is 13.7. The topological polar surface area (TPSA) is 0 Å². The van der Waals surface area contributed by atoms with Crippen molar-refractivity contribution in [2.24, 2.45) is 0 Å². The smallest absolute Gasteiger partial charge is 0.0326 e. The van der Waals surface area contributed by atoms with Gasteiger partial charge in [0.15, 0.2) is 0 Å². The number of hydrogen-bond acceptors (Lipinski definition) is 0. The van der Waals surface area contributed by atoms with Crippen LogP contribution in [0.5, 0.6) is 0 Å². The van der Waals surface area contributed by atoms with Gasteiger partial charge < -0.3 is 0 Å². The molecule has 1 unspecified atom stereocenters. The summed E-state index contributed by atoms with van der Waals surface area (Å²) in [5.74, 6) is 0. The van der Waals surface area contributed by atoms with E-state index in [-0.39, 0.29) is 5.25 Å². The summed E-state index contributed by atoms with van der Waals surface area (Å²) in [6.07, 6.45) is 2.81. The highest BCUT2D eigenvalue weighted by atomic mass is 32.1. The Kier molecular flexibility index (Phi) is 3.34. The Morgan fingerprint density at radius 1 is 2.00 bits per heavy atom. The molecule has 0 rings (SSSR count). The predicted molar refractivity (Wildman–Crippen MR) is 31.9 cm³/mol. The van der Waals surface area contributed by atoms with E-state index in [1.165, 1.54) is 0 Å². The molecule has 0 fully saturated rings. The first-order chi connectivity index (χ1) is 2.81. The van der Waals surface area contributed by atoms with Crippen molar-refractivity contribution in [1.82, 2.24) is 0 Å². The molecule has 0 aliphatic heterocycles. The minimum atomic E-state index is 0.282. The lowest BCUT2D eigenvalue weighted by Crippen LogP contribution is -1.85. The molecule has 0 aromatic rings. The van der Waals surface area contributed by atoms with E-state index in [9.17, 15) is 0 Å². The van der Waals surface area contributed by atoms with Crippen molar-refractivity contribution in [1.29, 1.82) is 0 Å². The average Bonchev–Trinajstić information content (AvgIpc) is 1.65. The van der Waals surface area contributed by atoms with E-state index in [0.717, 1.165) is 6.42 Å². The largest absolute Gasteiger partial charge is 0.102 e. The van der Waals surface area contributed by atoms with Crippen LogP contribution < -0.4 is 0 Å². The van der Waals surface area contributed by atoms with Crippen LogP contribution in [0.25, 0.3) is 0 Å². The second kappa shape index (κ2) is 3.29. The summed E-state index contributed by atoms with van der Waals surface area (Å²) in [6.45, 7) is 5.58. The van der Waals surface area contributed by atoms with Gasteiger partial charge in [0.1, 0.15) is 0 Å². The van der Waals surface area contributed by atoms with Gasteiger partial charge in [0.05, 0.1) is 0 Å². The predicted octanol–water partition coefficient (Wildman–Crippen LogP) is 2.15. The molecule has 0 aromatic carbocycles. The van der Waals surface area contributed by atoms with Crippen molar-refractivity contribution >= 4 is 12.6 Å². The quantitative estimate of drug-likeness (QED) is 0.467. The standard InChI is InChI=1S/C5H9S/c1-3-5(6)4-2/h3,5H,1,4H2,2H3. The summed E-state index contributed by atoms with van der Waals surface area (Å²) >= 11 is 4.82. The summed E-state index contributed by atoms with van der Waals surface area (Å²) in [6, 6.07) is 0. The Hall–Kier alpha value is 0.0900. The van der Waals surface area contributed by atoms with E-state index in [0.29, 0.717) is 0 Å². The molecule has 0 N–H and O–H groups in total. The van der Waals surface area contributed by atoms with Crippen LogP contribution >= 0.6 is 12.6 Å². The van der Waals surface area contributed by atoms with Gasteiger partial charge >= 0.3 is 0 Å². The molecule has 35 valence electrons. The molecule has 0 spiro atoms. The van der Waals surface area contributed by atoms with E-state index >= 15 is 0 Å². The van der Waals surface area contributed by atoms with Gasteiger partial charge in [-0.05, 0) is 6.42 Å². The van der Waals surface area contributed by atoms with Crippen LogP contribution in [0.15, 0.2) is 12.7 Å². The van der Waals surface area contributed by atoms with Crippen molar-refractivity contribution < 1.29 is 0 Å². The molecule has 0 nitrogen and oxygen atoms in total. The van der Waals surface area contributed by atoms with Crippen LogP contribution in [-0.4, -0.2) is 5.25 Å². The molecule has 0 saturated carbocycles. The summed E-state index contributed by atoms with van der Waals surface area (Å²) < 4.78 is 0. The zero-order valence-corrected chi connectivity index (χ0v) is 4.79. The first kappa shape index (κ1) is 6.09. The first-order valence-corrected chi connectivity index (χ1v) is 2.56. The number of hydrogen-bond donors (Lipinski definition) is 0. The average molecular weight is 101 g/mol. The fourth-order valence-electron chi connectivity index (χ4n) is 0.167. The van der Waals surface area contributed by atoms with Gasteiger partial charge in [0.2, 0.25) is 0 Å². The van der Waals surface area contributed by atoms with E-state index in [2.05, 4.69) is 13.5 Å². The monoisotopic (exact) mass is 101 g/mol. The third-order valence-corrected chi connectivity index (χ3v) is 1.19. The fourth-order valence-corrected chi connectivity index (χ4v) is 0.167. The van der Waals surface area contributed by atoms with Gasteiger partial charge in [0.25, 0.3) is 0 Å². The van der Waals surface area contributed by atoms with Crippen LogP contribution in [-0.2, 0) is 0 Å². The summed E-state index contributed by atoms with van der Waals surface area (Å²) in [4.78, 5) is 0. The van der Waals surface area contributed by atoms with E-state index in [1.54, 1.807) is 6.08 Å². The Morgan fingerprint density at radius 2 is 2.50 bits per heavy atom. The summed E-state index contributed by atoms with van der Waals surface area (Å²) in [7, 11) is 0. The van der Waals surface area contributed by atoms with Gasteiger partial charge in [-0.25, -0.2) is 0 Å². The highest BCUT2D eigenvalue weighted by molar-refractivity contribution is 7.81. The molecule has 6 heavy (non-hydrogen) atoms. The van der Waals surface area contributed by atoms with Gasteiger partial charge in [-0.15, -0.1) is 6.58 Å².